The van der Waals surface area contributed by atoms with E-state index in [9.17, 15) is 0 Å². The molecule has 7 heteroatoms. The molecule has 266 valence electrons. The Labute approximate surface area is 296 Å². The molecule has 0 aliphatic carbocycles. The third-order valence-electron chi connectivity index (χ3n) is 11.1. The van der Waals surface area contributed by atoms with Crippen LogP contribution in [0.15, 0.2) is 60.7 Å². The highest BCUT2D eigenvalue weighted by atomic mass is 16.5. The van der Waals surface area contributed by atoms with Gasteiger partial charge in [-0.3, -0.25) is 9.80 Å². The number of anilines is 1. The summed E-state index contributed by atoms with van der Waals surface area (Å²) in [5, 5.41) is 0. The molecule has 3 saturated heterocycles. The molecule has 3 aromatic rings. The van der Waals surface area contributed by atoms with E-state index < -0.39 is 0 Å². The number of likely N-dealkylation sites (N-methyl/N-ethyl adjacent to an activating group) is 2. The van der Waals surface area contributed by atoms with Crippen LogP contribution in [0.5, 0.6) is 11.5 Å². The largest absolute Gasteiger partial charge is 0.493 e. The molecule has 6 rings (SSSR count). The number of hydrogen-bond donors (Lipinski definition) is 0. The Hall–Kier alpha value is -3.10. The van der Waals surface area contributed by atoms with Crippen LogP contribution in [0.4, 0.5) is 5.69 Å². The molecule has 0 aromatic heterocycles. The lowest BCUT2D eigenvalue weighted by atomic mass is 9.88. The van der Waals surface area contributed by atoms with E-state index in [1.54, 1.807) is 0 Å². The monoisotopic (exact) mass is 667 g/mol. The fourth-order valence-electron chi connectivity index (χ4n) is 7.94. The van der Waals surface area contributed by atoms with Crippen molar-refractivity contribution in [3.8, 4) is 22.6 Å². The number of hydrogen-bond acceptors (Lipinski definition) is 7. The summed E-state index contributed by atoms with van der Waals surface area (Å²) in [6, 6.07) is 22.7. The molecule has 0 radical (unpaired) electrons. The Balaban J connectivity index is 0.997. The fourth-order valence-corrected chi connectivity index (χ4v) is 7.94. The summed E-state index contributed by atoms with van der Waals surface area (Å²) in [5.74, 6) is 2.80. The van der Waals surface area contributed by atoms with Gasteiger partial charge < -0.3 is 24.2 Å². The average Bonchev–Trinajstić information content (AvgIpc) is 3.10. The van der Waals surface area contributed by atoms with Gasteiger partial charge in [-0.15, -0.1) is 0 Å². The van der Waals surface area contributed by atoms with Crippen LogP contribution in [0, 0.1) is 26.7 Å². The standard InChI is InChI=1S/C42H61N5O2/c1-33-7-11-38(12-8-33)48-28-26-45-18-15-36(16-19-45)31-37-32-44(5)22-23-46(37)17-6-27-49-42-14-10-35(3)30-40(42)39-29-34(2)9-13-41(39)47-24-20-43(4)21-25-47/h7-14,29-30,36-37H,6,15-28,31-32H2,1-5H3. The van der Waals surface area contributed by atoms with E-state index in [0.29, 0.717) is 6.04 Å². The van der Waals surface area contributed by atoms with Crippen molar-refractivity contribution >= 4 is 5.69 Å². The molecule has 3 aromatic carbocycles. The van der Waals surface area contributed by atoms with E-state index in [1.807, 2.05) is 0 Å². The lowest BCUT2D eigenvalue weighted by Gasteiger charge is -2.43. The second-order valence-corrected chi connectivity index (χ2v) is 15.1. The zero-order valence-electron chi connectivity index (χ0n) is 31.0. The molecular formula is C42H61N5O2. The van der Waals surface area contributed by atoms with Crippen molar-refractivity contribution in [1.82, 2.24) is 19.6 Å². The number of benzene rings is 3. The summed E-state index contributed by atoms with van der Waals surface area (Å²) in [7, 11) is 4.52. The average molecular weight is 668 g/mol. The van der Waals surface area contributed by atoms with Gasteiger partial charge in [0.1, 0.15) is 18.1 Å². The summed E-state index contributed by atoms with van der Waals surface area (Å²) in [4.78, 5) is 12.9. The van der Waals surface area contributed by atoms with E-state index in [-0.39, 0.29) is 0 Å². The molecule has 1 unspecified atom stereocenters. The van der Waals surface area contributed by atoms with Gasteiger partial charge in [0.2, 0.25) is 0 Å². The van der Waals surface area contributed by atoms with Gasteiger partial charge in [0.25, 0.3) is 0 Å². The van der Waals surface area contributed by atoms with Gasteiger partial charge in [-0.25, -0.2) is 0 Å². The molecule has 0 N–H and O–H groups in total. The highest BCUT2D eigenvalue weighted by Crippen LogP contribution is 2.39. The van der Waals surface area contributed by atoms with Gasteiger partial charge in [0, 0.05) is 81.8 Å². The van der Waals surface area contributed by atoms with Gasteiger partial charge in [-0.05, 0) is 116 Å². The van der Waals surface area contributed by atoms with Crippen molar-refractivity contribution < 1.29 is 9.47 Å². The van der Waals surface area contributed by atoms with Gasteiger partial charge in [-0.1, -0.05) is 41.0 Å². The van der Waals surface area contributed by atoms with Crippen molar-refractivity contribution in [3.05, 3.63) is 77.4 Å². The first-order valence-corrected chi connectivity index (χ1v) is 18.9. The Morgan fingerprint density at radius 1 is 0.633 bits per heavy atom. The highest BCUT2D eigenvalue weighted by Gasteiger charge is 2.29. The second-order valence-electron chi connectivity index (χ2n) is 15.1. The molecule has 0 saturated carbocycles. The number of likely N-dealkylation sites (tertiary alicyclic amines) is 1. The van der Waals surface area contributed by atoms with Gasteiger partial charge in [0.15, 0.2) is 0 Å². The quantitative estimate of drug-likeness (QED) is 0.190. The number of rotatable bonds is 13. The fraction of sp³-hybridized carbons (Fsp3) is 0.571. The minimum Gasteiger partial charge on any atom is -0.493 e. The van der Waals surface area contributed by atoms with Crippen molar-refractivity contribution in [3.63, 3.8) is 0 Å². The third-order valence-corrected chi connectivity index (χ3v) is 11.1. The zero-order chi connectivity index (χ0) is 34.2. The van der Waals surface area contributed by atoms with Crippen LogP contribution in [0.25, 0.3) is 11.1 Å². The lowest BCUT2D eigenvalue weighted by Crippen LogP contribution is -2.53. The molecule has 1 atom stereocenters. The Morgan fingerprint density at radius 2 is 1.31 bits per heavy atom. The van der Waals surface area contributed by atoms with E-state index in [0.717, 1.165) is 89.4 Å². The van der Waals surface area contributed by atoms with Crippen LogP contribution in [0.2, 0.25) is 0 Å². The normalized spacial score (nSPS) is 20.5. The van der Waals surface area contributed by atoms with Crippen molar-refractivity contribution in [2.75, 3.05) is 104 Å². The van der Waals surface area contributed by atoms with Crippen LogP contribution in [-0.4, -0.2) is 125 Å². The summed E-state index contributed by atoms with van der Waals surface area (Å²) in [5.41, 5.74) is 7.69. The van der Waals surface area contributed by atoms with E-state index >= 15 is 0 Å². The predicted octanol–water partition coefficient (Wildman–Crippen LogP) is 6.60. The summed E-state index contributed by atoms with van der Waals surface area (Å²) >= 11 is 0. The Kier molecular flexibility index (Phi) is 12.5. The molecule has 0 bridgehead atoms. The van der Waals surface area contributed by atoms with Crippen molar-refractivity contribution in [1.29, 1.82) is 0 Å². The van der Waals surface area contributed by atoms with Crippen LogP contribution >= 0.6 is 0 Å². The number of ether oxygens (including phenoxy) is 2. The van der Waals surface area contributed by atoms with Crippen molar-refractivity contribution in [2.24, 2.45) is 5.92 Å². The molecule has 49 heavy (non-hydrogen) atoms. The molecular weight excluding hydrogens is 606 g/mol. The number of aryl methyl sites for hydroxylation is 3. The molecule has 3 aliphatic rings. The molecule has 3 heterocycles. The van der Waals surface area contributed by atoms with Crippen LogP contribution in [0.1, 0.15) is 42.4 Å². The number of piperidine rings is 1. The lowest BCUT2D eigenvalue weighted by molar-refractivity contribution is 0.0580. The molecule has 0 amide bonds. The first kappa shape index (κ1) is 35.7. The summed E-state index contributed by atoms with van der Waals surface area (Å²) < 4.78 is 12.7. The molecule has 3 fully saturated rings. The van der Waals surface area contributed by atoms with E-state index in [4.69, 9.17) is 9.47 Å². The topological polar surface area (TPSA) is 34.7 Å². The summed E-state index contributed by atoms with van der Waals surface area (Å²) in [6.45, 7) is 20.3. The Morgan fingerprint density at radius 3 is 2.06 bits per heavy atom. The van der Waals surface area contributed by atoms with Crippen LogP contribution < -0.4 is 14.4 Å². The minimum atomic E-state index is 0.633. The van der Waals surface area contributed by atoms with Gasteiger partial charge in [0.05, 0.1) is 6.61 Å². The number of nitrogens with zero attached hydrogens (tertiary/aromatic N) is 5. The van der Waals surface area contributed by atoms with E-state index in [2.05, 4.69) is 120 Å². The summed E-state index contributed by atoms with van der Waals surface area (Å²) in [6.07, 6.45) is 4.95. The number of piperazine rings is 2. The van der Waals surface area contributed by atoms with Gasteiger partial charge >= 0.3 is 0 Å². The van der Waals surface area contributed by atoms with Crippen LogP contribution in [-0.2, 0) is 0 Å². The van der Waals surface area contributed by atoms with E-state index in [1.165, 1.54) is 72.4 Å². The highest BCUT2D eigenvalue weighted by molar-refractivity contribution is 5.83. The molecule has 7 nitrogen and oxygen atoms in total. The second kappa shape index (κ2) is 17.2. The third kappa shape index (κ3) is 10.0. The maximum absolute atomic E-state index is 6.64. The first-order chi connectivity index (χ1) is 23.8. The first-order valence-electron chi connectivity index (χ1n) is 18.9. The smallest absolute Gasteiger partial charge is 0.127 e. The SMILES string of the molecule is Cc1ccc(OCCN2CCC(CC3CN(C)CCN3CCCOc3ccc(C)cc3-c3cc(C)ccc3N3CCN(C)CC3)CC2)cc1. The van der Waals surface area contributed by atoms with Crippen molar-refractivity contribution in [2.45, 2.75) is 52.5 Å². The minimum absolute atomic E-state index is 0.633. The predicted molar refractivity (Wildman–Crippen MR) is 204 cm³/mol. The Bertz CT molecular complexity index is 1460. The van der Waals surface area contributed by atoms with Gasteiger partial charge in [-0.2, -0.15) is 0 Å². The van der Waals surface area contributed by atoms with Crippen LogP contribution in [0.3, 0.4) is 0 Å². The molecule has 0 spiro atoms. The maximum atomic E-state index is 6.64. The maximum Gasteiger partial charge on any atom is 0.127 e. The molecule has 3 aliphatic heterocycles. The zero-order valence-corrected chi connectivity index (χ0v) is 31.0.